The Bertz CT molecular complexity index is 1080. The molecule has 184 valence electrons. The summed E-state index contributed by atoms with van der Waals surface area (Å²) in [6.45, 7) is 8.22. The summed E-state index contributed by atoms with van der Waals surface area (Å²) in [5.41, 5.74) is 4.23. The van der Waals surface area contributed by atoms with E-state index in [1.165, 1.54) is 0 Å². The Morgan fingerprint density at radius 2 is 1.46 bits per heavy atom. The summed E-state index contributed by atoms with van der Waals surface area (Å²) < 4.78 is 5.82. The lowest BCUT2D eigenvalue weighted by Gasteiger charge is -2.32. The van der Waals surface area contributed by atoms with E-state index in [2.05, 4.69) is 5.32 Å². The Morgan fingerprint density at radius 3 is 2.06 bits per heavy atom. The summed E-state index contributed by atoms with van der Waals surface area (Å²) in [5, 5.41) is 3.09. The molecule has 5 heteroatoms. The Hall–Kier alpha value is -3.60. The van der Waals surface area contributed by atoms with Gasteiger partial charge in [0.25, 0.3) is 5.91 Å². The predicted molar refractivity (Wildman–Crippen MR) is 140 cm³/mol. The first kappa shape index (κ1) is 26.0. The molecule has 0 bridgehead atoms. The SMILES string of the molecule is CC[C@@H](C)NC(=O)[C@@H](Cc1ccccc1)N(Cc1ccc(C)cc1)C(=O)COc1ccc(C)cc1. The van der Waals surface area contributed by atoms with Gasteiger partial charge in [0.1, 0.15) is 11.8 Å². The minimum Gasteiger partial charge on any atom is -0.484 e. The van der Waals surface area contributed by atoms with Crippen molar-refractivity contribution >= 4 is 11.8 Å². The third kappa shape index (κ3) is 7.99. The smallest absolute Gasteiger partial charge is 0.261 e. The van der Waals surface area contributed by atoms with Crippen molar-refractivity contribution in [1.82, 2.24) is 10.2 Å². The summed E-state index contributed by atoms with van der Waals surface area (Å²) in [4.78, 5) is 28.7. The molecule has 0 saturated heterocycles. The molecule has 0 saturated carbocycles. The number of carbonyl (C=O) groups excluding carboxylic acids is 2. The zero-order chi connectivity index (χ0) is 25.2. The molecule has 0 spiro atoms. The zero-order valence-electron chi connectivity index (χ0n) is 21.2. The van der Waals surface area contributed by atoms with Crippen molar-refractivity contribution in [1.29, 1.82) is 0 Å². The zero-order valence-corrected chi connectivity index (χ0v) is 21.2. The quantitative estimate of drug-likeness (QED) is 0.415. The lowest BCUT2D eigenvalue weighted by molar-refractivity contribution is -0.143. The van der Waals surface area contributed by atoms with Crippen LogP contribution in [0.25, 0.3) is 0 Å². The Labute approximate surface area is 209 Å². The minimum atomic E-state index is -0.665. The number of benzene rings is 3. The number of ether oxygens (including phenoxy) is 1. The molecule has 0 heterocycles. The van der Waals surface area contributed by atoms with Gasteiger partial charge in [-0.15, -0.1) is 0 Å². The van der Waals surface area contributed by atoms with Crippen LogP contribution < -0.4 is 10.1 Å². The van der Waals surface area contributed by atoms with E-state index in [1.807, 2.05) is 107 Å². The van der Waals surface area contributed by atoms with Gasteiger partial charge < -0.3 is 15.0 Å². The summed E-state index contributed by atoms with van der Waals surface area (Å²) in [7, 11) is 0. The van der Waals surface area contributed by atoms with Crippen molar-refractivity contribution in [2.75, 3.05) is 6.61 Å². The normalized spacial score (nSPS) is 12.5. The van der Waals surface area contributed by atoms with Gasteiger partial charge in [0, 0.05) is 19.0 Å². The molecule has 0 aliphatic heterocycles. The van der Waals surface area contributed by atoms with E-state index >= 15 is 0 Å². The average molecular weight is 473 g/mol. The number of aryl methyl sites for hydroxylation is 2. The summed E-state index contributed by atoms with van der Waals surface area (Å²) in [6.07, 6.45) is 1.23. The molecule has 0 aliphatic rings. The van der Waals surface area contributed by atoms with Crippen molar-refractivity contribution in [3.05, 3.63) is 101 Å². The second-order valence-electron chi connectivity index (χ2n) is 9.13. The molecule has 5 nitrogen and oxygen atoms in total. The van der Waals surface area contributed by atoms with Crippen molar-refractivity contribution in [3.63, 3.8) is 0 Å². The monoisotopic (exact) mass is 472 g/mol. The van der Waals surface area contributed by atoms with Gasteiger partial charge in [0.15, 0.2) is 6.61 Å². The van der Waals surface area contributed by atoms with Gasteiger partial charge in [-0.2, -0.15) is 0 Å². The van der Waals surface area contributed by atoms with E-state index in [9.17, 15) is 9.59 Å². The first-order valence-electron chi connectivity index (χ1n) is 12.2. The van der Waals surface area contributed by atoms with E-state index in [1.54, 1.807) is 4.90 Å². The largest absolute Gasteiger partial charge is 0.484 e. The van der Waals surface area contributed by atoms with Gasteiger partial charge in [-0.05, 0) is 50.5 Å². The highest BCUT2D eigenvalue weighted by atomic mass is 16.5. The molecular formula is C30H36N2O3. The van der Waals surface area contributed by atoms with Crippen LogP contribution in [0.1, 0.15) is 42.5 Å². The van der Waals surface area contributed by atoms with Crippen LogP contribution in [0.5, 0.6) is 5.75 Å². The van der Waals surface area contributed by atoms with Crippen LogP contribution in [0.15, 0.2) is 78.9 Å². The fourth-order valence-electron chi connectivity index (χ4n) is 3.75. The second kappa shape index (κ2) is 12.7. The number of nitrogens with one attached hydrogen (secondary N) is 1. The Balaban J connectivity index is 1.89. The number of amides is 2. The van der Waals surface area contributed by atoms with Crippen molar-refractivity contribution in [2.45, 2.75) is 59.2 Å². The van der Waals surface area contributed by atoms with Crippen molar-refractivity contribution < 1.29 is 14.3 Å². The Kier molecular flexibility index (Phi) is 9.47. The van der Waals surface area contributed by atoms with Crippen LogP contribution in [-0.2, 0) is 22.6 Å². The molecule has 1 N–H and O–H groups in total. The molecule has 3 rings (SSSR count). The number of nitrogens with zero attached hydrogens (tertiary/aromatic N) is 1. The molecule has 2 atom stereocenters. The highest BCUT2D eigenvalue weighted by molar-refractivity contribution is 5.88. The van der Waals surface area contributed by atoms with Crippen LogP contribution >= 0.6 is 0 Å². The molecule has 0 unspecified atom stereocenters. The summed E-state index contributed by atoms with van der Waals surface area (Å²) >= 11 is 0. The lowest BCUT2D eigenvalue weighted by atomic mass is 10.0. The fourth-order valence-corrected chi connectivity index (χ4v) is 3.75. The Morgan fingerprint density at radius 1 is 0.857 bits per heavy atom. The number of hydrogen-bond acceptors (Lipinski definition) is 3. The highest BCUT2D eigenvalue weighted by Crippen LogP contribution is 2.17. The van der Waals surface area contributed by atoms with Gasteiger partial charge in [0.2, 0.25) is 5.91 Å². The van der Waals surface area contributed by atoms with Crippen molar-refractivity contribution in [2.24, 2.45) is 0 Å². The molecular weight excluding hydrogens is 436 g/mol. The average Bonchev–Trinajstić information content (AvgIpc) is 2.87. The first-order valence-corrected chi connectivity index (χ1v) is 12.2. The summed E-state index contributed by atoms with van der Waals surface area (Å²) in [5.74, 6) is 0.244. The lowest BCUT2D eigenvalue weighted by Crippen LogP contribution is -2.53. The molecule has 35 heavy (non-hydrogen) atoms. The number of rotatable bonds is 11. The second-order valence-corrected chi connectivity index (χ2v) is 9.13. The highest BCUT2D eigenvalue weighted by Gasteiger charge is 2.31. The number of hydrogen-bond donors (Lipinski definition) is 1. The summed E-state index contributed by atoms with van der Waals surface area (Å²) in [6, 6.07) is 24.8. The molecule has 0 fully saturated rings. The topological polar surface area (TPSA) is 58.6 Å². The number of carbonyl (C=O) groups is 2. The molecule has 0 aromatic heterocycles. The van der Waals surface area contributed by atoms with Gasteiger partial charge >= 0.3 is 0 Å². The fraction of sp³-hybridized carbons (Fsp3) is 0.333. The third-order valence-corrected chi connectivity index (χ3v) is 6.13. The minimum absolute atomic E-state index is 0.0147. The molecule has 2 amide bonds. The molecule has 0 radical (unpaired) electrons. The van der Waals surface area contributed by atoms with E-state index in [0.29, 0.717) is 18.7 Å². The molecule has 0 aliphatic carbocycles. The first-order chi connectivity index (χ1) is 16.9. The van der Waals surface area contributed by atoms with Crippen LogP contribution in [0.2, 0.25) is 0 Å². The van der Waals surface area contributed by atoms with Gasteiger partial charge in [-0.3, -0.25) is 9.59 Å². The van der Waals surface area contributed by atoms with E-state index in [0.717, 1.165) is 28.7 Å². The molecule has 3 aromatic rings. The van der Waals surface area contributed by atoms with Crippen LogP contribution in [0, 0.1) is 13.8 Å². The van der Waals surface area contributed by atoms with Crippen LogP contribution in [0.4, 0.5) is 0 Å². The van der Waals surface area contributed by atoms with E-state index in [-0.39, 0.29) is 24.5 Å². The molecule has 3 aromatic carbocycles. The van der Waals surface area contributed by atoms with Gasteiger partial charge in [-0.1, -0.05) is 84.8 Å². The standard InChI is InChI=1S/C30H36N2O3/c1-5-24(4)31-30(34)28(19-25-9-7-6-8-10-25)32(20-26-15-11-22(2)12-16-26)29(33)21-35-27-17-13-23(3)14-18-27/h6-18,24,28H,5,19-21H2,1-4H3,(H,31,34)/t24-,28-/m1/s1. The maximum atomic E-state index is 13.6. The van der Waals surface area contributed by atoms with Crippen LogP contribution in [-0.4, -0.2) is 35.4 Å². The van der Waals surface area contributed by atoms with Gasteiger partial charge in [-0.25, -0.2) is 0 Å². The maximum Gasteiger partial charge on any atom is 0.261 e. The predicted octanol–water partition coefficient (Wildman–Crippen LogP) is 5.24. The van der Waals surface area contributed by atoms with E-state index < -0.39 is 6.04 Å². The van der Waals surface area contributed by atoms with Crippen LogP contribution in [0.3, 0.4) is 0 Å². The van der Waals surface area contributed by atoms with Gasteiger partial charge in [0.05, 0.1) is 0 Å². The third-order valence-electron chi connectivity index (χ3n) is 6.13. The van der Waals surface area contributed by atoms with Crippen molar-refractivity contribution in [3.8, 4) is 5.75 Å². The maximum absolute atomic E-state index is 13.6. The van der Waals surface area contributed by atoms with E-state index in [4.69, 9.17) is 4.74 Å².